The first-order chi connectivity index (χ1) is 30.8. The lowest BCUT2D eigenvalue weighted by molar-refractivity contribution is -0.137. The van der Waals surface area contributed by atoms with Crippen LogP contribution in [-0.4, -0.2) is 24.2 Å². The average Bonchev–Trinajstić information content (AvgIpc) is 3.27. The Morgan fingerprint density at radius 3 is 0.548 bits per heavy atom. The number of nitrogens with one attached hydrogen (secondary N) is 1. The van der Waals surface area contributed by atoms with Gasteiger partial charge in [-0.05, 0) is 32.4 Å². The quantitative estimate of drug-likeness (QED) is 0.0599. The molecule has 0 atom stereocenters. The highest BCUT2D eigenvalue weighted by atomic mass is 16.4. The van der Waals surface area contributed by atoms with Crippen molar-refractivity contribution in [2.75, 3.05) is 13.1 Å². The van der Waals surface area contributed by atoms with Crippen LogP contribution in [0.2, 0.25) is 0 Å². The molecule has 0 saturated carbocycles. The van der Waals surface area contributed by atoms with Crippen molar-refractivity contribution in [3.63, 3.8) is 0 Å². The van der Waals surface area contributed by atoms with Crippen molar-refractivity contribution in [3.05, 3.63) is 0 Å². The number of hydrogen-bond donors (Lipinski definition) is 2. The van der Waals surface area contributed by atoms with Gasteiger partial charge in [0.15, 0.2) is 0 Å². The van der Waals surface area contributed by atoms with E-state index in [2.05, 4.69) is 12.2 Å². The van der Waals surface area contributed by atoms with E-state index in [1.807, 2.05) is 0 Å². The number of hydrogen-bond acceptors (Lipinski definition) is 2. The summed E-state index contributed by atoms with van der Waals surface area (Å²) in [5.41, 5.74) is 0. The van der Waals surface area contributed by atoms with Crippen LogP contribution in [0.5, 0.6) is 0 Å². The van der Waals surface area contributed by atoms with E-state index in [-0.39, 0.29) is 0 Å². The van der Waals surface area contributed by atoms with E-state index in [9.17, 15) is 4.79 Å². The second-order valence-corrected chi connectivity index (χ2v) is 20.6. The lowest BCUT2D eigenvalue weighted by atomic mass is 10.0. The van der Waals surface area contributed by atoms with E-state index in [1.54, 1.807) is 0 Å². The summed E-state index contributed by atoms with van der Waals surface area (Å²) in [5.74, 6) is -0.647. The Balaban J connectivity index is 3.06. The molecule has 0 bridgehead atoms. The summed E-state index contributed by atoms with van der Waals surface area (Å²) in [4.78, 5) is 10.5. The maximum Gasteiger partial charge on any atom is 0.303 e. The zero-order valence-electron chi connectivity index (χ0n) is 43.2. The van der Waals surface area contributed by atoms with Crippen LogP contribution in [0.1, 0.15) is 360 Å². The molecule has 2 N–H and O–H groups in total. The molecule has 0 fully saturated rings. The highest BCUT2D eigenvalue weighted by Gasteiger charge is 2.00. The number of carboxylic acids is 1. The zero-order chi connectivity index (χ0) is 44.6. The van der Waals surface area contributed by atoms with Gasteiger partial charge < -0.3 is 10.4 Å². The Hall–Kier alpha value is -0.570. The van der Waals surface area contributed by atoms with Crippen molar-refractivity contribution in [2.45, 2.75) is 360 Å². The van der Waals surface area contributed by atoms with Crippen LogP contribution in [0.3, 0.4) is 0 Å². The van der Waals surface area contributed by atoms with Crippen molar-refractivity contribution in [1.82, 2.24) is 5.32 Å². The third-order valence-electron chi connectivity index (χ3n) is 14.2. The first-order valence-electron chi connectivity index (χ1n) is 29.7. The molecule has 0 aliphatic rings. The largest absolute Gasteiger partial charge is 0.481 e. The molecule has 0 radical (unpaired) electrons. The van der Waals surface area contributed by atoms with Gasteiger partial charge in [-0.25, -0.2) is 0 Å². The zero-order valence-corrected chi connectivity index (χ0v) is 43.2. The molecule has 0 amide bonds. The number of aliphatic carboxylic acids is 1. The Labute approximate surface area is 392 Å². The first-order valence-corrected chi connectivity index (χ1v) is 29.7. The van der Waals surface area contributed by atoms with Crippen LogP contribution in [0, 0.1) is 0 Å². The molecule has 372 valence electrons. The van der Waals surface area contributed by atoms with Crippen LogP contribution in [0.4, 0.5) is 0 Å². The predicted molar refractivity (Wildman–Crippen MR) is 280 cm³/mol. The van der Waals surface area contributed by atoms with E-state index in [0.29, 0.717) is 6.42 Å². The molecular formula is C59H119NO2. The Bertz CT molecular complexity index is 784. The van der Waals surface area contributed by atoms with Crippen LogP contribution in [0.15, 0.2) is 0 Å². The van der Waals surface area contributed by atoms with Gasteiger partial charge in [0.2, 0.25) is 0 Å². The highest BCUT2D eigenvalue weighted by Crippen LogP contribution is 2.18. The fraction of sp³-hybridized carbons (Fsp3) is 0.983. The van der Waals surface area contributed by atoms with Gasteiger partial charge in [-0.15, -0.1) is 0 Å². The molecule has 0 spiro atoms. The summed E-state index contributed by atoms with van der Waals surface area (Å²) in [6, 6.07) is 0. The van der Waals surface area contributed by atoms with Gasteiger partial charge in [0, 0.05) is 6.42 Å². The molecular weight excluding hydrogens is 755 g/mol. The Kier molecular flexibility index (Phi) is 57.9. The highest BCUT2D eigenvalue weighted by molar-refractivity contribution is 5.66. The molecule has 0 aromatic heterocycles. The molecule has 0 aromatic rings. The molecule has 62 heavy (non-hydrogen) atoms. The summed E-state index contributed by atoms with van der Waals surface area (Å²) in [5, 5.41) is 12.4. The Morgan fingerprint density at radius 1 is 0.242 bits per heavy atom. The molecule has 0 saturated heterocycles. The van der Waals surface area contributed by atoms with Gasteiger partial charge in [-0.2, -0.15) is 0 Å². The normalized spacial score (nSPS) is 11.6. The summed E-state index contributed by atoms with van der Waals surface area (Å²) < 4.78 is 0. The van der Waals surface area contributed by atoms with Crippen molar-refractivity contribution in [2.24, 2.45) is 0 Å². The van der Waals surface area contributed by atoms with Gasteiger partial charge in [-0.1, -0.05) is 334 Å². The monoisotopic (exact) mass is 874 g/mol. The lowest BCUT2D eigenvalue weighted by Gasteiger charge is -2.06. The molecule has 0 aromatic carbocycles. The minimum absolute atomic E-state index is 0.346. The van der Waals surface area contributed by atoms with Gasteiger partial charge in [0.05, 0.1) is 0 Å². The molecule has 0 unspecified atom stereocenters. The van der Waals surface area contributed by atoms with Crippen LogP contribution < -0.4 is 5.32 Å². The third kappa shape index (κ3) is 59.4. The van der Waals surface area contributed by atoms with Crippen molar-refractivity contribution >= 4 is 5.97 Å². The number of carboxylic acid groups (broad SMARTS) is 1. The average molecular weight is 875 g/mol. The van der Waals surface area contributed by atoms with Gasteiger partial charge in [-0.3, -0.25) is 4.79 Å². The standard InChI is InChI=1S/C59H119NO2/c1-2-3-4-5-6-7-8-9-10-11-12-13-14-15-16-17-18-19-21-24-27-30-33-36-39-42-45-48-51-54-57-60-58-55-52-49-46-43-40-37-34-31-28-25-22-20-23-26-29-32-35-38-41-44-47-50-53-56-59(61)62/h60H,2-58H2,1H3,(H,61,62). The van der Waals surface area contributed by atoms with E-state index >= 15 is 0 Å². The maximum atomic E-state index is 10.5. The second kappa shape index (κ2) is 58.4. The van der Waals surface area contributed by atoms with E-state index in [1.165, 1.54) is 347 Å². The second-order valence-electron chi connectivity index (χ2n) is 20.6. The first kappa shape index (κ1) is 61.4. The molecule has 0 rings (SSSR count). The van der Waals surface area contributed by atoms with Crippen molar-refractivity contribution in [3.8, 4) is 0 Å². The summed E-state index contributed by atoms with van der Waals surface area (Å²) in [6.07, 6.45) is 77.6. The SMILES string of the molecule is CCCCCCCCCCCCCCCCCCCCCCCCCCCCCCCCNCCCCCCCCCCCCCCCCCCCCCCCCCCC(=O)O. The van der Waals surface area contributed by atoms with Crippen molar-refractivity contribution in [1.29, 1.82) is 0 Å². The Morgan fingerprint density at radius 2 is 0.387 bits per heavy atom. The number of carbonyl (C=O) groups is 1. The minimum Gasteiger partial charge on any atom is -0.481 e. The van der Waals surface area contributed by atoms with E-state index < -0.39 is 5.97 Å². The molecule has 0 aliphatic heterocycles. The van der Waals surface area contributed by atoms with Gasteiger partial charge in [0.1, 0.15) is 0 Å². The van der Waals surface area contributed by atoms with Crippen LogP contribution >= 0.6 is 0 Å². The molecule has 0 aliphatic carbocycles. The fourth-order valence-corrected chi connectivity index (χ4v) is 9.81. The lowest BCUT2D eigenvalue weighted by Crippen LogP contribution is -2.16. The predicted octanol–water partition coefficient (Wildman–Crippen LogP) is 21.1. The van der Waals surface area contributed by atoms with Crippen molar-refractivity contribution < 1.29 is 9.90 Å². The molecule has 3 heteroatoms. The van der Waals surface area contributed by atoms with E-state index in [0.717, 1.165) is 12.8 Å². The summed E-state index contributed by atoms with van der Waals surface area (Å²) >= 11 is 0. The fourth-order valence-electron chi connectivity index (χ4n) is 9.81. The third-order valence-corrected chi connectivity index (χ3v) is 14.2. The van der Waals surface area contributed by atoms with Gasteiger partial charge >= 0.3 is 5.97 Å². The summed E-state index contributed by atoms with van der Waals surface area (Å²) in [7, 11) is 0. The van der Waals surface area contributed by atoms with Crippen LogP contribution in [0.25, 0.3) is 0 Å². The maximum absolute atomic E-state index is 10.5. The molecule has 0 heterocycles. The summed E-state index contributed by atoms with van der Waals surface area (Å²) in [6.45, 7) is 4.79. The van der Waals surface area contributed by atoms with E-state index in [4.69, 9.17) is 5.11 Å². The number of unbranched alkanes of at least 4 members (excludes halogenated alkanes) is 52. The molecule has 3 nitrogen and oxygen atoms in total. The smallest absolute Gasteiger partial charge is 0.303 e. The van der Waals surface area contributed by atoms with Crippen LogP contribution in [-0.2, 0) is 4.79 Å². The minimum atomic E-state index is -0.647. The topological polar surface area (TPSA) is 49.3 Å². The van der Waals surface area contributed by atoms with Gasteiger partial charge in [0.25, 0.3) is 0 Å². The number of rotatable bonds is 58.